The minimum absolute atomic E-state index is 0.315. The molecule has 1 aromatic heterocycles. The third-order valence-corrected chi connectivity index (χ3v) is 5.16. The number of pyridine rings is 1. The number of carbonyl (C=O) groups excluding carboxylic acids is 1. The number of amides is 1. The molecule has 0 unspecified atom stereocenters. The first-order chi connectivity index (χ1) is 14.7. The third-order valence-electron chi connectivity index (χ3n) is 5.16. The first kappa shape index (κ1) is 22.3. The maximum atomic E-state index is 15.0. The molecule has 3 rings (SSSR count). The van der Waals surface area contributed by atoms with Gasteiger partial charge in [0.15, 0.2) is 0 Å². The zero-order valence-electron chi connectivity index (χ0n) is 18.8. The number of anilines is 2. The second-order valence-corrected chi connectivity index (χ2v) is 7.91. The molecule has 3 aromatic rings. The highest BCUT2D eigenvalue weighted by atomic mass is 19.1. The Morgan fingerprint density at radius 3 is 2.29 bits per heavy atom. The summed E-state index contributed by atoms with van der Waals surface area (Å²) in [7, 11) is 2.83. The van der Waals surface area contributed by atoms with E-state index in [1.165, 1.54) is 18.1 Å². The van der Waals surface area contributed by atoms with Crippen LogP contribution in [0.2, 0.25) is 0 Å². The predicted octanol–water partition coefficient (Wildman–Crippen LogP) is 6.19. The number of carbonyl (C=O) groups is 1. The Labute approximate surface area is 182 Å². The van der Waals surface area contributed by atoms with Crippen molar-refractivity contribution in [3.8, 4) is 22.3 Å². The first-order valence-corrected chi connectivity index (χ1v) is 10.2. The summed E-state index contributed by atoms with van der Waals surface area (Å²) >= 11 is 0. The van der Waals surface area contributed by atoms with Crippen molar-refractivity contribution in [2.75, 3.05) is 24.4 Å². The molecule has 162 valence electrons. The number of benzene rings is 2. The van der Waals surface area contributed by atoms with Crippen molar-refractivity contribution in [2.24, 2.45) is 0 Å². The summed E-state index contributed by atoms with van der Waals surface area (Å²) in [6, 6.07) is 13.1. The van der Waals surface area contributed by atoms with Crippen LogP contribution < -0.4 is 10.2 Å². The second kappa shape index (κ2) is 9.16. The van der Waals surface area contributed by atoms with E-state index in [1.807, 2.05) is 38.2 Å². The summed E-state index contributed by atoms with van der Waals surface area (Å²) < 4.78 is 19.6. The van der Waals surface area contributed by atoms with Crippen molar-refractivity contribution in [3.63, 3.8) is 0 Å². The fraction of sp³-hybridized carbons (Fsp3) is 0.280. The molecule has 0 fully saturated rings. The molecule has 0 spiro atoms. The molecule has 5 nitrogen and oxygen atoms in total. The van der Waals surface area contributed by atoms with Crippen LogP contribution in [0.1, 0.15) is 25.0 Å². The Bertz CT molecular complexity index is 1090. The molecule has 1 N–H and O–H groups in total. The van der Waals surface area contributed by atoms with Crippen LogP contribution in [0.15, 0.2) is 48.7 Å². The number of methoxy groups -OCH3 is 1. The Morgan fingerprint density at radius 1 is 1.03 bits per heavy atom. The van der Waals surface area contributed by atoms with Gasteiger partial charge in [-0.1, -0.05) is 12.1 Å². The van der Waals surface area contributed by atoms with Gasteiger partial charge in [0.1, 0.15) is 11.6 Å². The Hall–Kier alpha value is -3.41. The van der Waals surface area contributed by atoms with Crippen molar-refractivity contribution < 1.29 is 13.9 Å². The molecule has 0 atom stereocenters. The minimum Gasteiger partial charge on any atom is -0.452 e. The molecule has 0 bridgehead atoms. The summed E-state index contributed by atoms with van der Waals surface area (Å²) in [5.41, 5.74) is 5.80. The summed E-state index contributed by atoms with van der Waals surface area (Å²) in [4.78, 5) is 17.5. The van der Waals surface area contributed by atoms with Gasteiger partial charge in [-0.3, -0.25) is 4.90 Å². The molecule has 0 aliphatic rings. The van der Waals surface area contributed by atoms with Crippen molar-refractivity contribution in [3.05, 3.63) is 65.6 Å². The summed E-state index contributed by atoms with van der Waals surface area (Å²) in [5.74, 6) is 0.443. The van der Waals surface area contributed by atoms with E-state index in [1.54, 1.807) is 19.2 Å². The van der Waals surface area contributed by atoms with Crippen LogP contribution in [-0.4, -0.2) is 31.3 Å². The molecule has 1 amide bonds. The lowest BCUT2D eigenvalue weighted by molar-refractivity contribution is 0.180. The minimum atomic E-state index is -0.549. The van der Waals surface area contributed by atoms with Gasteiger partial charge in [0.2, 0.25) is 0 Å². The van der Waals surface area contributed by atoms with Crippen LogP contribution in [0.25, 0.3) is 22.3 Å². The van der Waals surface area contributed by atoms with Crippen LogP contribution in [-0.2, 0) is 4.74 Å². The van der Waals surface area contributed by atoms with E-state index in [2.05, 4.69) is 30.2 Å². The van der Waals surface area contributed by atoms with Gasteiger partial charge in [0.25, 0.3) is 0 Å². The Kier molecular flexibility index (Phi) is 6.59. The highest BCUT2D eigenvalue weighted by Gasteiger charge is 2.16. The van der Waals surface area contributed by atoms with Gasteiger partial charge >= 0.3 is 6.09 Å². The second-order valence-electron chi connectivity index (χ2n) is 7.91. The number of nitrogens with zero attached hydrogens (tertiary/aromatic N) is 2. The molecule has 0 radical (unpaired) electrons. The Balaban J connectivity index is 1.94. The fourth-order valence-corrected chi connectivity index (χ4v) is 3.53. The number of rotatable bonds is 5. The average Bonchev–Trinajstić information content (AvgIpc) is 2.74. The van der Waals surface area contributed by atoms with Crippen LogP contribution in [0.4, 0.5) is 20.7 Å². The lowest BCUT2D eigenvalue weighted by Crippen LogP contribution is -2.25. The molecule has 0 saturated carbocycles. The molecule has 6 heteroatoms. The molecule has 0 saturated heterocycles. The van der Waals surface area contributed by atoms with Gasteiger partial charge in [0.05, 0.1) is 7.11 Å². The standard InChI is InChI=1S/C25H28FN3O2/c1-15(2)28-24-10-7-18(14-27-24)21-11-17(4)22(12-16(21)3)20-9-8-19(13-23(20)26)29(5)25(30)31-6/h7-15H,1-6H3,(H,27,28). The van der Waals surface area contributed by atoms with Crippen molar-refractivity contribution in [2.45, 2.75) is 33.7 Å². The van der Waals surface area contributed by atoms with Gasteiger partial charge in [-0.05, 0) is 80.3 Å². The topological polar surface area (TPSA) is 54.5 Å². The van der Waals surface area contributed by atoms with E-state index in [-0.39, 0.29) is 0 Å². The number of hydrogen-bond donors (Lipinski definition) is 1. The Morgan fingerprint density at radius 2 is 1.71 bits per heavy atom. The van der Waals surface area contributed by atoms with Gasteiger partial charge in [0, 0.05) is 36.1 Å². The van der Waals surface area contributed by atoms with Gasteiger partial charge in [-0.2, -0.15) is 0 Å². The van der Waals surface area contributed by atoms with Crippen LogP contribution in [0, 0.1) is 19.7 Å². The molecule has 1 heterocycles. The highest BCUT2D eigenvalue weighted by molar-refractivity contribution is 5.87. The number of ether oxygens (including phenoxy) is 1. The largest absolute Gasteiger partial charge is 0.452 e. The fourth-order valence-electron chi connectivity index (χ4n) is 3.53. The van der Waals surface area contributed by atoms with Crippen molar-refractivity contribution >= 4 is 17.6 Å². The predicted molar refractivity (Wildman–Crippen MR) is 124 cm³/mol. The van der Waals surface area contributed by atoms with E-state index in [0.717, 1.165) is 33.6 Å². The van der Waals surface area contributed by atoms with Crippen molar-refractivity contribution in [1.29, 1.82) is 0 Å². The first-order valence-electron chi connectivity index (χ1n) is 10.2. The normalized spacial score (nSPS) is 10.8. The SMILES string of the molecule is COC(=O)N(C)c1ccc(-c2cc(C)c(-c3ccc(NC(C)C)nc3)cc2C)c(F)c1. The molecule has 2 aromatic carbocycles. The van der Waals surface area contributed by atoms with E-state index < -0.39 is 11.9 Å². The number of nitrogens with one attached hydrogen (secondary N) is 1. The maximum Gasteiger partial charge on any atom is 0.413 e. The zero-order chi connectivity index (χ0) is 22.7. The lowest BCUT2D eigenvalue weighted by Gasteiger charge is -2.18. The number of aromatic nitrogens is 1. The van der Waals surface area contributed by atoms with E-state index in [9.17, 15) is 9.18 Å². The summed E-state index contributed by atoms with van der Waals surface area (Å²) in [6.07, 6.45) is 1.30. The molecule has 0 aliphatic heterocycles. The quantitative estimate of drug-likeness (QED) is 0.533. The smallest absolute Gasteiger partial charge is 0.413 e. The van der Waals surface area contributed by atoms with Gasteiger partial charge in [-0.15, -0.1) is 0 Å². The number of hydrogen-bond acceptors (Lipinski definition) is 4. The maximum absolute atomic E-state index is 15.0. The molecule has 31 heavy (non-hydrogen) atoms. The molecule has 0 aliphatic carbocycles. The highest BCUT2D eigenvalue weighted by Crippen LogP contribution is 2.34. The van der Waals surface area contributed by atoms with E-state index >= 15 is 0 Å². The lowest BCUT2D eigenvalue weighted by atomic mass is 9.92. The van der Waals surface area contributed by atoms with Crippen LogP contribution in [0.5, 0.6) is 0 Å². The average molecular weight is 422 g/mol. The molecular formula is C25H28FN3O2. The van der Waals surface area contributed by atoms with Gasteiger partial charge < -0.3 is 10.1 Å². The van der Waals surface area contributed by atoms with Gasteiger partial charge in [-0.25, -0.2) is 14.2 Å². The monoisotopic (exact) mass is 421 g/mol. The molecular weight excluding hydrogens is 393 g/mol. The van der Waals surface area contributed by atoms with Crippen molar-refractivity contribution in [1.82, 2.24) is 4.98 Å². The third kappa shape index (κ3) is 4.85. The summed E-state index contributed by atoms with van der Waals surface area (Å²) in [6.45, 7) is 8.12. The number of halogens is 1. The van der Waals surface area contributed by atoms with E-state index in [4.69, 9.17) is 4.74 Å². The zero-order valence-corrected chi connectivity index (χ0v) is 18.8. The summed E-state index contributed by atoms with van der Waals surface area (Å²) in [5, 5.41) is 3.28. The van der Waals surface area contributed by atoms with E-state index in [0.29, 0.717) is 17.3 Å². The number of aryl methyl sites for hydroxylation is 2. The van der Waals surface area contributed by atoms with Crippen LogP contribution >= 0.6 is 0 Å². The van der Waals surface area contributed by atoms with Crippen LogP contribution in [0.3, 0.4) is 0 Å².